The Morgan fingerprint density at radius 2 is 1.96 bits per heavy atom. The number of carbonyl (C=O) groups excluding carboxylic acids is 1. The molecule has 1 saturated heterocycles. The third kappa shape index (κ3) is 4.05. The molecular weight excluding hydrogens is 340 g/mol. The zero-order valence-corrected chi connectivity index (χ0v) is 14.8. The highest BCUT2D eigenvalue weighted by Gasteiger charge is 2.37. The van der Waals surface area contributed by atoms with Crippen LogP contribution in [-0.2, 0) is 9.53 Å². The summed E-state index contributed by atoms with van der Waals surface area (Å²) in [5.41, 5.74) is 0.852. The Morgan fingerprint density at radius 1 is 1.28 bits per heavy atom. The second-order valence-electron chi connectivity index (χ2n) is 6.22. The number of carboxylic acids is 1. The van der Waals surface area contributed by atoms with Gasteiger partial charge in [0.25, 0.3) is 5.91 Å². The number of nitrogens with zero attached hydrogens (tertiary/aromatic N) is 1. The summed E-state index contributed by atoms with van der Waals surface area (Å²) in [7, 11) is 0. The zero-order chi connectivity index (χ0) is 17.9. The van der Waals surface area contributed by atoms with Gasteiger partial charge in [0.1, 0.15) is 9.88 Å². The van der Waals surface area contributed by atoms with Crippen molar-refractivity contribution in [2.24, 2.45) is 0 Å². The molecule has 132 valence electrons. The number of aliphatic carboxylic acids is 1. The minimum atomic E-state index is -0.923. The monoisotopic (exact) mass is 360 g/mol. The number of benzene rings is 1. The first-order valence-electron chi connectivity index (χ1n) is 8.14. The molecule has 6 nitrogen and oxygen atoms in total. The first-order valence-corrected chi connectivity index (χ1v) is 8.96. The normalized spacial score (nSPS) is 16.4. The van der Waals surface area contributed by atoms with Crippen LogP contribution in [0, 0.1) is 6.92 Å². The van der Waals surface area contributed by atoms with Gasteiger partial charge >= 0.3 is 5.97 Å². The van der Waals surface area contributed by atoms with Gasteiger partial charge < -0.3 is 15.2 Å². The smallest absolute Gasteiger partial charge is 0.305 e. The van der Waals surface area contributed by atoms with Crippen LogP contribution in [0.2, 0.25) is 0 Å². The maximum absolute atomic E-state index is 12.8. The Bertz CT molecular complexity index is 767. The van der Waals surface area contributed by atoms with Crippen LogP contribution in [0.1, 0.15) is 34.6 Å². The molecule has 7 heteroatoms. The largest absolute Gasteiger partial charge is 0.481 e. The Labute approximate surface area is 149 Å². The van der Waals surface area contributed by atoms with Crippen molar-refractivity contribution in [3.8, 4) is 10.6 Å². The van der Waals surface area contributed by atoms with Gasteiger partial charge in [-0.3, -0.25) is 9.59 Å². The lowest BCUT2D eigenvalue weighted by molar-refractivity contribution is -0.139. The van der Waals surface area contributed by atoms with E-state index in [1.54, 1.807) is 6.92 Å². The molecule has 1 aromatic heterocycles. The highest BCUT2D eigenvalue weighted by molar-refractivity contribution is 7.17. The van der Waals surface area contributed by atoms with Crippen LogP contribution < -0.4 is 5.32 Å². The van der Waals surface area contributed by atoms with Gasteiger partial charge in [0.05, 0.1) is 17.7 Å². The molecule has 0 unspecified atom stereocenters. The van der Waals surface area contributed by atoms with E-state index in [0.717, 1.165) is 10.6 Å². The van der Waals surface area contributed by atoms with Gasteiger partial charge in [-0.25, -0.2) is 4.98 Å². The highest BCUT2D eigenvalue weighted by atomic mass is 32.1. The van der Waals surface area contributed by atoms with E-state index in [2.05, 4.69) is 10.3 Å². The van der Waals surface area contributed by atoms with Gasteiger partial charge in [-0.05, 0) is 19.8 Å². The number of hydrogen-bond donors (Lipinski definition) is 2. The molecule has 1 amide bonds. The number of ether oxygens (including phenoxy) is 1. The van der Waals surface area contributed by atoms with Crippen molar-refractivity contribution in [1.29, 1.82) is 0 Å². The van der Waals surface area contributed by atoms with Crippen molar-refractivity contribution in [2.45, 2.75) is 31.7 Å². The summed E-state index contributed by atoms with van der Waals surface area (Å²) >= 11 is 1.33. The summed E-state index contributed by atoms with van der Waals surface area (Å²) in [6, 6.07) is 9.68. The number of aryl methyl sites for hydroxylation is 1. The standard InChI is InChI=1S/C18H20N2O4S/c1-12-15(25-17(19-12)13-5-3-2-4-6-13)16(23)20-18(11-14(21)22)7-9-24-10-8-18/h2-6H,7-11H2,1H3,(H,20,23)(H,21,22). The summed E-state index contributed by atoms with van der Waals surface area (Å²) in [4.78, 5) is 29.1. The Kier molecular flexibility index (Phi) is 5.15. The van der Waals surface area contributed by atoms with Crippen LogP contribution in [0.25, 0.3) is 10.6 Å². The Hall–Kier alpha value is -2.25. The van der Waals surface area contributed by atoms with E-state index in [1.807, 2.05) is 30.3 Å². The van der Waals surface area contributed by atoms with Crippen molar-refractivity contribution >= 4 is 23.2 Å². The third-order valence-electron chi connectivity index (χ3n) is 4.34. The van der Waals surface area contributed by atoms with Crippen molar-refractivity contribution in [2.75, 3.05) is 13.2 Å². The van der Waals surface area contributed by atoms with Crippen LogP contribution in [-0.4, -0.2) is 40.7 Å². The lowest BCUT2D eigenvalue weighted by atomic mass is 9.86. The number of carboxylic acid groups (broad SMARTS) is 1. The first kappa shape index (κ1) is 17.6. The SMILES string of the molecule is Cc1nc(-c2ccccc2)sc1C(=O)NC1(CC(=O)O)CCOCC1. The average molecular weight is 360 g/mol. The number of thiazole rings is 1. The minimum Gasteiger partial charge on any atom is -0.481 e. The van der Waals surface area contributed by atoms with Crippen LogP contribution in [0.15, 0.2) is 30.3 Å². The summed E-state index contributed by atoms with van der Waals surface area (Å²) < 4.78 is 5.33. The molecule has 1 aliphatic heterocycles. The zero-order valence-electron chi connectivity index (χ0n) is 13.9. The molecule has 2 N–H and O–H groups in total. The molecule has 1 aliphatic rings. The van der Waals surface area contributed by atoms with Crippen LogP contribution in [0.4, 0.5) is 0 Å². The predicted octanol–water partition coefficient (Wildman–Crippen LogP) is 2.87. The van der Waals surface area contributed by atoms with Gasteiger partial charge in [-0.2, -0.15) is 0 Å². The van der Waals surface area contributed by atoms with Gasteiger partial charge in [0.15, 0.2) is 0 Å². The highest BCUT2D eigenvalue weighted by Crippen LogP contribution is 2.30. The number of rotatable bonds is 5. The van der Waals surface area contributed by atoms with E-state index >= 15 is 0 Å². The fraction of sp³-hybridized carbons (Fsp3) is 0.389. The number of amides is 1. The Morgan fingerprint density at radius 3 is 2.60 bits per heavy atom. The lowest BCUT2D eigenvalue weighted by Crippen LogP contribution is -2.53. The van der Waals surface area contributed by atoms with Crippen molar-refractivity contribution in [3.63, 3.8) is 0 Å². The minimum absolute atomic E-state index is 0.106. The average Bonchev–Trinajstić information content (AvgIpc) is 2.97. The van der Waals surface area contributed by atoms with Gasteiger partial charge in [0.2, 0.25) is 0 Å². The van der Waals surface area contributed by atoms with Crippen LogP contribution in [0.3, 0.4) is 0 Å². The fourth-order valence-corrected chi connectivity index (χ4v) is 3.97. The number of aromatic nitrogens is 1. The number of hydrogen-bond acceptors (Lipinski definition) is 5. The van der Waals surface area contributed by atoms with Gasteiger partial charge in [-0.15, -0.1) is 11.3 Å². The molecule has 2 aromatic rings. The molecule has 0 bridgehead atoms. The van der Waals surface area contributed by atoms with Crippen molar-refractivity contribution in [3.05, 3.63) is 40.9 Å². The van der Waals surface area contributed by atoms with Gasteiger partial charge in [0, 0.05) is 18.8 Å². The lowest BCUT2D eigenvalue weighted by Gasteiger charge is -2.36. The summed E-state index contributed by atoms with van der Waals surface area (Å²) in [5, 5.41) is 13.0. The molecule has 3 rings (SSSR count). The molecule has 2 heterocycles. The molecular formula is C18H20N2O4S. The van der Waals surface area contributed by atoms with E-state index in [-0.39, 0.29) is 12.3 Å². The van der Waals surface area contributed by atoms with Crippen LogP contribution >= 0.6 is 11.3 Å². The third-order valence-corrected chi connectivity index (χ3v) is 5.55. The Balaban J connectivity index is 1.82. The van der Waals surface area contributed by atoms with E-state index in [4.69, 9.17) is 4.74 Å². The van der Waals surface area contributed by atoms with E-state index < -0.39 is 11.5 Å². The molecule has 1 aromatic carbocycles. The van der Waals surface area contributed by atoms with E-state index in [9.17, 15) is 14.7 Å². The van der Waals surface area contributed by atoms with Crippen molar-refractivity contribution < 1.29 is 19.4 Å². The number of nitrogens with one attached hydrogen (secondary N) is 1. The topological polar surface area (TPSA) is 88.5 Å². The van der Waals surface area contributed by atoms with Crippen molar-refractivity contribution in [1.82, 2.24) is 10.3 Å². The molecule has 0 spiro atoms. The molecule has 25 heavy (non-hydrogen) atoms. The second-order valence-corrected chi connectivity index (χ2v) is 7.22. The molecule has 0 aliphatic carbocycles. The van der Waals surface area contributed by atoms with E-state index in [1.165, 1.54) is 11.3 Å². The second kappa shape index (κ2) is 7.33. The van der Waals surface area contributed by atoms with E-state index in [0.29, 0.717) is 36.6 Å². The maximum atomic E-state index is 12.8. The number of carbonyl (C=O) groups is 2. The molecule has 0 radical (unpaired) electrons. The fourth-order valence-electron chi connectivity index (χ4n) is 3.01. The molecule has 1 fully saturated rings. The van der Waals surface area contributed by atoms with Gasteiger partial charge in [-0.1, -0.05) is 30.3 Å². The molecule has 0 atom stereocenters. The quantitative estimate of drug-likeness (QED) is 0.856. The first-order chi connectivity index (χ1) is 12.0. The summed E-state index contributed by atoms with van der Waals surface area (Å²) in [5.74, 6) is -1.19. The summed E-state index contributed by atoms with van der Waals surface area (Å²) in [6.07, 6.45) is 0.883. The predicted molar refractivity (Wildman–Crippen MR) is 94.8 cm³/mol. The van der Waals surface area contributed by atoms with Crippen LogP contribution in [0.5, 0.6) is 0 Å². The summed E-state index contributed by atoms with van der Waals surface area (Å²) in [6.45, 7) is 2.70. The maximum Gasteiger partial charge on any atom is 0.305 e. The molecule has 0 saturated carbocycles.